The van der Waals surface area contributed by atoms with E-state index in [0.717, 1.165) is 5.56 Å². The first-order valence-electron chi connectivity index (χ1n) is 7.04. The minimum absolute atomic E-state index is 0.166. The molecule has 2 rings (SSSR count). The number of hydrogen-bond donors (Lipinski definition) is 4. The van der Waals surface area contributed by atoms with Crippen LogP contribution < -0.4 is 0 Å². The summed E-state index contributed by atoms with van der Waals surface area (Å²) in [6.45, 7) is -0.455. The van der Waals surface area contributed by atoms with Gasteiger partial charge in [0, 0.05) is 6.42 Å². The lowest BCUT2D eigenvalue weighted by molar-refractivity contribution is -0.227. The molecule has 0 radical (unpaired) electrons. The second-order valence-corrected chi connectivity index (χ2v) is 5.16. The third-order valence-electron chi connectivity index (χ3n) is 3.69. The van der Waals surface area contributed by atoms with E-state index in [0.29, 0.717) is 5.71 Å². The summed E-state index contributed by atoms with van der Waals surface area (Å²) in [5, 5.41) is 42.8. The average molecular weight is 311 g/mol. The van der Waals surface area contributed by atoms with Crippen LogP contribution in [0.5, 0.6) is 0 Å². The van der Waals surface area contributed by atoms with E-state index in [2.05, 4.69) is 5.16 Å². The van der Waals surface area contributed by atoms with Crippen molar-refractivity contribution in [3.8, 4) is 0 Å². The minimum atomic E-state index is -1.39. The lowest BCUT2D eigenvalue weighted by atomic mass is 9.91. The molecule has 0 spiro atoms. The van der Waals surface area contributed by atoms with Crippen LogP contribution in [0.4, 0.5) is 0 Å². The van der Waals surface area contributed by atoms with Gasteiger partial charge in [-0.1, -0.05) is 35.5 Å². The maximum Gasteiger partial charge on any atom is 0.111 e. The quantitative estimate of drug-likeness (QED) is 0.421. The van der Waals surface area contributed by atoms with Gasteiger partial charge in [0.15, 0.2) is 0 Å². The molecule has 1 aromatic carbocycles. The van der Waals surface area contributed by atoms with E-state index in [1.165, 1.54) is 7.11 Å². The van der Waals surface area contributed by atoms with Crippen molar-refractivity contribution < 1.29 is 30.0 Å². The van der Waals surface area contributed by atoms with Gasteiger partial charge >= 0.3 is 0 Å². The van der Waals surface area contributed by atoms with Gasteiger partial charge in [-0.15, -0.1) is 0 Å². The largest absolute Gasteiger partial charge is 0.399 e. The van der Waals surface area contributed by atoms with E-state index >= 15 is 0 Å². The van der Waals surface area contributed by atoms with Crippen LogP contribution in [-0.4, -0.2) is 70.4 Å². The molecule has 7 heteroatoms. The van der Waals surface area contributed by atoms with Crippen LogP contribution in [0.3, 0.4) is 0 Å². The Hall–Kier alpha value is -1.51. The van der Waals surface area contributed by atoms with Crippen molar-refractivity contribution >= 4 is 5.71 Å². The van der Waals surface area contributed by atoms with Crippen LogP contribution >= 0.6 is 0 Å². The highest BCUT2D eigenvalue weighted by Gasteiger charge is 2.43. The summed E-state index contributed by atoms with van der Waals surface area (Å²) in [5.74, 6) is 0. The highest BCUT2D eigenvalue weighted by atomic mass is 16.6. The third kappa shape index (κ3) is 3.63. The van der Waals surface area contributed by atoms with Gasteiger partial charge in [0.05, 0.1) is 18.4 Å². The molecule has 1 aromatic rings. The van der Waals surface area contributed by atoms with Gasteiger partial charge in [0.2, 0.25) is 0 Å². The summed E-state index contributed by atoms with van der Waals surface area (Å²) in [6, 6.07) is 9.22. The van der Waals surface area contributed by atoms with Crippen LogP contribution in [0, 0.1) is 0 Å². The summed E-state index contributed by atoms with van der Waals surface area (Å²) >= 11 is 0. The molecule has 1 aliphatic heterocycles. The van der Waals surface area contributed by atoms with E-state index < -0.39 is 37.1 Å². The van der Waals surface area contributed by atoms with Gasteiger partial charge in [-0.25, -0.2) is 0 Å². The number of aliphatic hydroxyl groups excluding tert-OH is 4. The van der Waals surface area contributed by atoms with E-state index in [9.17, 15) is 20.4 Å². The molecular weight excluding hydrogens is 290 g/mol. The van der Waals surface area contributed by atoms with Crippen molar-refractivity contribution in [2.45, 2.75) is 36.9 Å². The molecule has 0 aromatic heterocycles. The summed E-state index contributed by atoms with van der Waals surface area (Å²) in [7, 11) is 1.41. The molecule has 22 heavy (non-hydrogen) atoms. The Morgan fingerprint density at radius 3 is 2.32 bits per heavy atom. The fourth-order valence-corrected chi connectivity index (χ4v) is 2.49. The van der Waals surface area contributed by atoms with Gasteiger partial charge in [-0.2, -0.15) is 0 Å². The highest BCUT2D eigenvalue weighted by Crippen LogP contribution is 2.24. The second-order valence-electron chi connectivity index (χ2n) is 5.16. The molecule has 1 aliphatic rings. The predicted molar refractivity (Wildman–Crippen MR) is 78.4 cm³/mol. The topological polar surface area (TPSA) is 112 Å². The first kappa shape index (κ1) is 16.9. The Bertz CT molecular complexity index is 492. The van der Waals surface area contributed by atoms with E-state index in [-0.39, 0.29) is 6.42 Å². The minimum Gasteiger partial charge on any atom is -0.399 e. The fourth-order valence-electron chi connectivity index (χ4n) is 2.49. The number of ether oxygens (including phenoxy) is 1. The Labute approximate surface area is 128 Å². The van der Waals surface area contributed by atoms with Crippen molar-refractivity contribution in [2.75, 3.05) is 13.7 Å². The molecule has 4 N–H and O–H groups in total. The lowest BCUT2D eigenvalue weighted by Gasteiger charge is -2.40. The van der Waals surface area contributed by atoms with Crippen molar-refractivity contribution in [3.05, 3.63) is 35.9 Å². The molecule has 0 aliphatic carbocycles. The number of hydrogen-bond acceptors (Lipinski definition) is 7. The summed E-state index contributed by atoms with van der Waals surface area (Å²) < 4.78 is 5.48. The van der Waals surface area contributed by atoms with Crippen LogP contribution in [0.15, 0.2) is 35.5 Å². The zero-order valence-electron chi connectivity index (χ0n) is 12.2. The first-order chi connectivity index (χ1) is 10.6. The first-order valence-corrected chi connectivity index (χ1v) is 7.04. The van der Waals surface area contributed by atoms with Crippen molar-refractivity contribution in [2.24, 2.45) is 5.16 Å². The number of benzene rings is 1. The Kier molecular flexibility index (Phi) is 5.87. The Morgan fingerprint density at radius 1 is 1.09 bits per heavy atom. The normalized spacial score (nSPS) is 32.8. The van der Waals surface area contributed by atoms with Crippen LogP contribution in [-0.2, 0) is 9.57 Å². The third-order valence-corrected chi connectivity index (χ3v) is 3.69. The molecule has 7 nitrogen and oxygen atoms in total. The summed E-state index contributed by atoms with van der Waals surface area (Å²) in [6.07, 6.45) is -5.62. The van der Waals surface area contributed by atoms with E-state index in [1.807, 2.05) is 30.3 Å². The fraction of sp³-hybridized carbons (Fsp3) is 0.533. The number of aliphatic hydroxyl groups is 4. The van der Waals surface area contributed by atoms with Crippen LogP contribution in [0.25, 0.3) is 0 Å². The lowest BCUT2D eigenvalue weighted by Crippen LogP contribution is -2.58. The summed E-state index contributed by atoms with van der Waals surface area (Å²) in [5.41, 5.74) is 1.33. The van der Waals surface area contributed by atoms with E-state index in [4.69, 9.17) is 9.57 Å². The van der Waals surface area contributed by atoms with Gasteiger partial charge in [-0.05, 0) is 5.56 Å². The SMILES string of the molecule is CO/N=C(/C[C@@H]1O[C@H](CO)[C@H](O)[C@H](O)[C@H]1O)c1ccccc1. The molecule has 0 saturated carbocycles. The molecule has 1 fully saturated rings. The van der Waals surface area contributed by atoms with Crippen molar-refractivity contribution in [3.63, 3.8) is 0 Å². The van der Waals surface area contributed by atoms with Gasteiger partial charge in [0.1, 0.15) is 31.5 Å². The van der Waals surface area contributed by atoms with Crippen molar-refractivity contribution in [1.82, 2.24) is 0 Å². The molecule has 122 valence electrons. The average Bonchev–Trinajstić information content (AvgIpc) is 2.55. The van der Waals surface area contributed by atoms with Gasteiger partial charge in [0.25, 0.3) is 0 Å². The molecule has 1 heterocycles. The molecular formula is C15H21NO6. The molecule has 0 unspecified atom stereocenters. The molecule has 1 saturated heterocycles. The number of nitrogens with zero attached hydrogens (tertiary/aromatic N) is 1. The van der Waals surface area contributed by atoms with Crippen molar-refractivity contribution in [1.29, 1.82) is 0 Å². The number of rotatable bonds is 5. The maximum atomic E-state index is 10.1. The Morgan fingerprint density at radius 2 is 1.73 bits per heavy atom. The summed E-state index contributed by atoms with van der Waals surface area (Å²) in [4.78, 5) is 4.83. The number of oxime groups is 1. The molecule has 0 bridgehead atoms. The van der Waals surface area contributed by atoms with Crippen LogP contribution in [0.2, 0.25) is 0 Å². The van der Waals surface area contributed by atoms with Gasteiger partial charge in [-0.3, -0.25) is 0 Å². The maximum absolute atomic E-state index is 10.1. The Balaban J connectivity index is 2.17. The highest BCUT2D eigenvalue weighted by molar-refractivity contribution is 6.00. The zero-order chi connectivity index (χ0) is 16.1. The monoisotopic (exact) mass is 311 g/mol. The standard InChI is InChI=1S/C15H21NO6/c1-21-16-10(9-5-3-2-4-6-9)7-11-13(18)15(20)14(19)12(8-17)22-11/h2-6,11-15,17-20H,7-8H2,1H3/b16-10-/t11-,12+,13-,14-,15+/m0/s1. The second kappa shape index (κ2) is 7.66. The molecule has 0 amide bonds. The van der Waals surface area contributed by atoms with Gasteiger partial charge < -0.3 is 30.0 Å². The predicted octanol–water partition coefficient (Wildman–Crippen LogP) is -0.730. The van der Waals surface area contributed by atoms with Crippen LogP contribution in [0.1, 0.15) is 12.0 Å². The van der Waals surface area contributed by atoms with E-state index in [1.54, 1.807) is 0 Å². The zero-order valence-corrected chi connectivity index (χ0v) is 12.2. The molecule has 5 atom stereocenters. The smallest absolute Gasteiger partial charge is 0.111 e.